The molecular formula is C32H40N6O7S3. The maximum Gasteiger partial charge on any atom is 0.407 e. The van der Waals surface area contributed by atoms with Crippen molar-refractivity contribution >= 4 is 60.0 Å². The summed E-state index contributed by atoms with van der Waals surface area (Å²) < 4.78 is 40.7. The first kappa shape index (κ1) is 35.8. The van der Waals surface area contributed by atoms with Crippen LogP contribution in [0.5, 0.6) is 0 Å². The first-order valence-electron chi connectivity index (χ1n) is 15.6. The Morgan fingerprint density at radius 1 is 1.12 bits per heavy atom. The Labute approximate surface area is 288 Å². The molecule has 1 saturated heterocycles. The number of morpholine rings is 1. The van der Waals surface area contributed by atoms with Gasteiger partial charge in [0.1, 0.15) is 6.61 Å². The molecule has 3 heterocycles. The average molecular weight is 717 g/mol. The molecule has 2 aromatic heterocycles. The molecule has 0 aliphatic carbocycles. The van der Waals surface area contributed by atoms with E-state index in [1.807, 2.05) is 49.1 Å². The van der Waals surface area contributed by atoms with Gasteiger partial charge in [-0.1, -0.05) is 55.5 Å². The molecule has 1 aliphatic heterocycles. The highest BCUT2D eigenvalue weighted by Gasteiger charge is 2.32. The van der Waals surface area contributed by atoms with Crippen molar-refractivity contribution in [2.24, 2.45) is 5.92 Å². The third-order valence-electron chi connectivity index (χ3n) is 7.57. The first-order chi connectivity index (χ1) is 23.1. The number of rotatable bonds is 15. The Kier molecular flexibility index (Phi) is 12.5. The Hall–Kier alpha value is -3.51. The SMILES string of the molecule is CC(C)CN(C[C@@H](O)[C@H](Cc1ccccc1)NC(=O)OCc1cncs1)S(=O)(=O)c1ccc2nc(NC(=O)CN3CCOCC3)sc2c1. The molecule has 2 aromatic carbocycles. The van der Waals surface area contributed by atoms with E-state index in [9.17, 15) is 23.1 Å². The number of ether oxygens (including phenoxy) is 2. The van der Waals surface area contributed by atoms with Gasteiger partial charge in [0.15, 0.2) is 5.13 Å². The standard InChI is InChI=1S/C32H40N6O7S3/c1-22(2)17-38(18-28(39)27(14-23-6-4-3-5-7-23)35-32(41)45-20-24-16-33-21-46-24)48(42,43)25-8-9-26-29(15-25)47-31(34-26)36-30(40)19-37-10-12-44-13-11-37/h3-9,15-16,21-22,27-28,39H,10-14,17-20H2,1-2H3,(H,35,41)(H,34,36,40)/t27-,28+/m0/s1. The lowest BCUT2D eigenvalue weighted by molar-refractivity contribution is -0.118. The summed E-state index contributed by atoms with van der Waals surface area (Å²) in [6.07, 6.45) is -0.143. The molecule has 16 heteroatoms. The Morgan fingerprint density at radius 2 is 1.90 bits per heavy atom. The normalized spacial score (nSPS) is 15.4. The largest absolute Gasteiger partial charge is 0.444 e. The second-order valence-corrected chi connectivity index (χ2v) is 15.8. The van der Waals surface area contributed by atoms with Crippen LogP contribution in [0.3, 0.4) is 0 Å². The average Bonchev–Trinajstić information content (AvgIpc) is 3.73. The molecule has 0 spiro atoms. The first-order valence-corrected chi connectivity index (χ1v) is 18.7. The van der Waals surface area contributed by atoms with E-state index >= 15 is 0 Å². The lowest BCUT2D eigenvalue weighted by Crippen LogP contribution is -2.51. The van der Waals surface area contributed by atoms with Crippen LogP contribution < -0.4 is 10.6 Å². The van der Waals surface area contributed by atoms with E-state index in [-0.39, 0.29) is 49.4 Å². The number of nitrogens with one attached hydrogen (secondary N) is 2. The van der Waals surface area contributed by atoms with Gasteiger partial charge in [-0.2, -0.15) is 4.31 Å². The van der Waals surface area contributed by atoms with Gasteiger partial charge in [0, 0.05) is 32.4 Å². The minimum Gasteiger partial charge on any atom is -0.444 e. The molecule has 5 rings (SSSR count). The van der Waals surface area contributed by atoms with Gasteiger partial charge in [-0.3, -0.25) is 14.7 Å². The van der Waals surface area contributed by atoms with E-state index in [1.165, 1.54) is 39.1 Å². The third-order valence-corrected chi connectivity index (χ3v) is 11.1. The summed E-state index contributed by atoms with van der Waals surface area (Å²) in [5.41, 5.74) is 3.05. The van der Waals surface area contributed by atoms with Gasteiger partial charge in [0.2, 0.25) is 15.9 Å². The smallest absolute Gasteiger partial charge is 0.407 e. The number of hydrogen-bond donors (Lipinski definition) is 3. The van der Waals surface area contributed by atoms with Crippen LogP contribution in [0.15, 0.2) is 65.1 Å². The zero-order valence-corrected chi connectivity index (χ0v) is 29.2. The number of alkyl carbamates (subject to hydrolysis) is 1. The summed E-state index contributed by atoms with van der Waals surface area (Å²) in [5, 5.41) is 17.4. The van der Waals surface area contributed by atoms with Crippen LogP contribution in [-0.2, 0) is 37.3 Å². The quantitative estimate of drug-likeness (QED) is 0.166. The summed E-state index contributed by atoms with van der Waals surface area (Å²) in [4.78, 5) is 36.7. The van der Waals surface area contributed by atoms with Gasteiger partial charge in [-0.25, -0.2) is 18.2 Å². The number of carbonyl (C=O) groups is 2. The van der Waals surface area contributed by atoms with Crippen LogP contribution in [0, 0.1) is 5.92 Å². The lowest BCUT2D eigenvalue weighted by atomic mass is 10.0. The molecule has 3 N–H and O–H groups in total. The van der Waals surface area contributed by atoms with E-state index < -0.39 is 28.3 Å². The number of anilines is 1. The number of thiazole rings is 2. The maximum absolute atomic E-state index is 14.1. The summed E-state index contributed by atoms with van der Waals surface area (Å²) in [6, 6.07) is 13.1. The van der Waals surface area contributed by atoms with Crippen molar-refractivity contribution in [3.63, 3.8) is 0 Å². The van der Waals surface area contributed by atoms with Gasteiger partial charge in [0.05, 0.1) is 57.4 Å². The van der Waals surface area contributed by atoms with E-state index in [0.29, 0.717) is 41.7 Å². The molecule has 258 valence electrons. The number of aliphatic hydroxyl groups is 1. The molecule has 4 aromatic rings. The molecule has 1 aliphatic rings. The van der Waals surface area contributed by atoms with E-state index in [0.717, 1.165) is 10.4 Å². The van der Waals surface area contributed by atoms with E-state index in [2.05, 4.69) is 20.6 Å². The summed E-state index contributed by atoms with van der Waals surface area (Å²) >= 11 is 2.54. The fourth-order valence-corrected chi connectivity index (χ4v) is 8.35. The number of carbonyl (C=O) groups excluding carboxylic acids is 2. The lowest BCUT2D eigenvalue weighted by Gasteiger charge is -2.30. The van der Waals surface area contributed by atoms with Gasteiger partial charge in [0.25, 0.3) is 0 Å². The van der Waals surface area contributed by atoms with Crippen molar-refractivity contribution in [3.8, 4) is 0 Å². The van der Waals surface area contributed by atoms with Crippen LogP contribution in [0.25, 0.3) is 10.2 Å². The van der Waals surface area contributed by atoms with Crippen LogP contribution >= 0.6 is 22.7 Å². The molecule has 0 saturated carbocycles. The summed E-state index contributed by atoms with van der Waals surface area (Å²) in [5.74, 6) is -0.260. The fourth-order valence-electron chi connectivity index (χ4n) is 5.20. The van der Waals surface area contributed by atoms with Gasteiger partial charge < -0.3 is 25.2 Å². The van der Waals surface area contributed by atoms with Crippen LogP contribution in [0.1, 0.15) is 24.3 Å². The Bertz CT molecular complexity index is 1750. The van der Waals surface area contributed by atoms with Crippen LogP contribution in [-0.4, -0.2) is 103 Å². The number of fused-ring (bicyclic) bond motifs is 1. The summed E-state index contributed by atoms with van der Waals surface area (Å²) in [7, 11) is -4.09. The fraction of sp³-hybridized carbons (Fsp3) is 0.438. The number of benzene rings is 2. The summed E-state index contributed by atoms with van der Waals surface area (Å²) in [6.45, 7) is 6.42. The molecular weight excluding hydrogens is 677 g/mol. The zero-order chi connectivity index (χ0) is 34.1. The van der Waals surface area contributed by atoms with E-state index in [1.54, 1.807) is 17.8 Å². The second-order valence-electron chi connectivity index (χ2n) is 11.9. The van der Waals surface area contributed by atoms with Crippen LogP contribution in [0.4, 0.5) is 9.93 Å². The number of nitrogens with zero attached hydrogens (tertiary/aromatic N) is 4. The highest BCUT2D eigenvalue weighted by Crippen LogP contribution is 2.30. The van der Waals surface area contributed by atoms with E-state index in [4.69, 9.17) is 9.47 Å². The Balaban J connectivity index is 1.31. The molecule has 2 atom stereocenters. The monoisotopic (exact) mass is 716 g/mol. The predicted octanol–water partition coefficient (Wildman–Crippen LogP) is 3.57. The van der Waals surface area contributed by atoms with Crippen molar-refractivity contribution < 1.29 is 32.6 Å². The zero-order valence-electron chi connectivity index (χ0n) is 26.8. The van der Waals surface area contributed by atoms with Gasteiger partial charge >= 0.3 is 6.09 Å². The van der Waals surface area contributed by atoms with Crippen LogP contribution in [0.2, 0.25) is 0 Å². The van der Waals surface area contributed by atoms with Crippen molar-refractivity contribution in [1.82, 2.24) is 24.5 Å². The minimum atomic E-state index is -4.09. The molecule has 48 heavy (non-hydrogen) atoms. The highest BCUT2D eigenvalue weighted by molar-refractivity contribution is 7.89. The molecule has 0 bridgehead atoms. The van der Waals surface area contributed by atoms with Crippen molar-refractivity contribution in [2.75, 3.05) is 51.3 Å². The van der Waals surface area contributed by atoms with Gasteiger partial charge in [-0.15, -0.1) is 11.3 Å². The number of hydrogen-bond acceptors (Lipinski definition) is 12. The van der Waals surface area contributed by atoms with Crippen molar-refractivity contribution in [3.05, 3.63) is 70.7 Å². The molecule has 2 amide bonds. The van der Waals surface area contributed by atoms with Gasteiger partial charge in [-0.05, 0) is 36.1 Å². The molecule has 0 unspecified atom stereocenters. The topological polar surface area (TPSA) is 163 Å². The van der Waals surface area contributed by atoms with Crippen molar-refractivity contribution in [1.29, 1.82) is 0 Å². The Morgan fingerprint density at radius 3 is 2.60 bits per heavy atom. The number of amides is 2. The van der Waals surface area contributed by atoms with Crippen molar-refractivity contribution in [2.45, 2.75) is 43.9 Å². The molecule has 1 fully saturated rings. The minimum absolute atomic E-state index is 0.0256. The number of aliphatic hydroxyl groups excluding tert-OH is 1. The number of aromatic nitrogens is 2. The highest BCUT2D eigenvalue weighted by atomic mass is 32.2. The predicted molar refractivity (Wildman–Crippen MR) is 184 cm³/mol. The molecule has 13 nitrogen and oxygen atoms in total. The maximum atomic E-state index is 14.1. The molecule has 0 radical (unpaired) electrons. The number of sulfonamides is 1. The second kappa shape index (κ2) is 16.7. The third kappa shape index (κ3) is 10.0.